The highest BCUT2D eigenvalue weighted by atomic mass is 16.5. The molecule has 1 nitrogen and oxygen atoms in total. The van der Waals surface area contributed by atoms with Crippen LogP contribution in [0.3, 0.4) is 0 Å². The smallest absolute Gasteiger partial charge is 0.122 e. The van der Waals surface area contributed by atoms with Crippen LogP contribution < -0.4 is 4.74 Å². The lowest BCUT2D eigenvalue weighted by molar-refractivity contribution is 0.397. The molecular weight excluding hydrogens is 184 g/mol. The first kappa shape index (κ1) is 12.1. The summed E-state index contributed by atoms with van der Waals surface area (Å²) in [6, 6.07) is 6.53. The Morgan fingerprint density at radius 1 is 1.20 bits per heavy atom. The van der Waals surface area contributed by atoms with Crippen LogP contribution in [0.5, 0.6) is 5.75 Å². The van der Waals surface area contributed by atoms with Crippen molar-refractivity contribution in [1.29, 1.82) is 0 Å². The summed E-state index contributed by atoms with van der Waals surface area (Å²) in [6.07, 6.45) is 2.34. The number of aryl methyl sites for hydroxylation is 1. The van der Waals surface area contributed by atoms with Crippen molar-refractivity contribution in [2.45, 2.75) is 46.0 Å². The van der Waals surface area contributed by atoms with E-state index in [1.807, 2.05) is 0 Å². The highest BCUT2D eigenvalue weighted by molar-refractivity contribution is 5.41. The summed E-state index contributed by atoms with van der Waals surface area (Å²) in [5.41, 5.74) is 2.86. The topological polar surface area (TPSA) is 9.23 Å². The zero-order chi connectivity index (χ0) is 11.5. The van der Waals surface area contributed by atoms with Gasteiger partial charge in [0.1, 0.15) is 5.75 Å². The van der Waals surface area contributed by atoms with Crippen LogP contribution in [0, 0.1) is 0 Å². The van der Waals surface area contributed by atoms with Crippen LogP contribution in [0.25, 0.3) is 0 Å². The number of rotatable bonds is 3. The first-order chi connectivity index (χ1) is 6.99. The minimum atomic E-state index is 0.148. The van der Waals surface area contributed by atoms with E-state index in [0.717, 1.165) is 12.2 Å². The van der Waals surface area contributed by atoms with Crippen molar-refractivity contribution < 1.29 is 4.74 Å². The van der Waals surface area contributed by atoms with Gasteiger partial charge in [-0.15, -0.1) is 0 Å². The second kappa shape index (κ2) is 4.69. The predicted molar refractivity (Wildman–Crippen MR) is 65.7 cm³/mol. The Morgan fingerprint density at radius 3 is 2.33 bits per heavy atom. The molecule has 0 aliphatic rings. The molecule has 1 heteroatoms. The maximum Gasteiger partial charge on any atom is 0.122 e. The van der Waals surface area contributed by atoms with Gasteiger partial charge in [0.05, 0.1) is 7.11 Å². The molecule has 0 aromatic heterocycles. The van der Waals surface area contributed by atoms with Crippen LogP contribution in [-0.2, 0) is 11.8 Å². The Labute approximate surface area is 93.5 Å². The molecule has 0 aliphatic carbocycles. The molecule has 0 unspecified atom stereocenters. The molecule has 0 bridgehead atoms. The first-order valence-corrected chi connectivity index (χ1v) is 5.66. The van der Waals surface area contributed by atoms with E-state index >= 15 is 0 Å². The van der Waals surface area contributed by atoms with Crippen LogP contribution in [0.2, 0.25) is 0 Å². The van der Waals surface area contributed by atoms with Gasteiger partial charge in [-0.05, 0) is 29.0 Å². The van der Waals surface area contributed by atoms with E-state index in [9.17, 15) is 0 Å². The quantitative estimate of drug-likeness (QED) is 0.727. The van der Waals surface area contributed by atoms with Gasteiger partial charge in [-0.25, -0.2) is 0 Å². The normalized spacial score (nSPS) is 11.5. The number of ether oxygens (including phenoxy) is 1. The molecule has 0 saturated carbocycles. The molecule has 0 N–H and O–H groups in total. The third kappa shape index (κ3) is 2.98. The van der Waals surface area contributed by atoms with Crippen molar-refractivity contribution in [1.82, 2.24) is 0 Å². The number of benzene rings is 1. The SMILES string of the molecule is CCCc1ccc(OC)c(C(C)(C)C)c1. The van der Waals surface area contributed by atoms with Crippen molar-refractivity contribution in [2.24, 2.45) is 0 Å². The molecule has 1 aromatic carbocycles. The minimum absolute atomic E-state index is 0.148. The van der Waals surface area contributed by atoms with E-state index in [1.165, 1.54) is 17.5 Å². The molecule has 84 valence electrons. The minimum Gasteiger partial charge on any atom is -0.496 e. The Bertz CT molecular complexity index is 321. The maximum atomic E-state index is 5.40. The van der Waals surface area contributed by atoms with Crippen LogP contribution in [0.1, 0.15) is 45.2 Å². The largest absolute Gasteiger partial charge is 0.496 e. The zero-order valence-electron chi connectivity index (χ0n) is 10.6. The van der Waals surface area contributed by atoms with Crippen LogP contribution >= 0.6 is 0 Å². The fraction of sp³-hybridized carbons (Fsp3) is 0.571. The summed E-state index contributed by atoms with van der Waals surface area (Å²) < 4.78 is 5.40. The van der Waals surface area contributed by atoms with Gasteiger partial charge in [0.25, 0.3) is 0 Å². The molecule has 0 saturated heterocycles. The standard InChI is InChI=1S/C14H22O/c1-6-7-11-8-9-13(15-5)12(10-11)14(2,3)4/h8-10H,6-7H2,1-5H3. The molecule has 0 heterocycles. The average Bonchev–Trinajstić information content (AvgIpc) is 2.17. The second-order valence-electron chi connectivity index (χ2n) is 5.03. The van der Waals surface area contributed by atoms with E-state index in [1.54, 1.807) is 7.11 Å². The summed E-state index contributed by atoms with van der Waals surface area (Å²) in [5.74, 6) is 1.00. The van der Waals surface area contributed by atoms with Crippen molar-refractivity contribution in [2.75, 3.05) is 7.11 Å². The summed E-state index contributed by atoms with van der Waals surface area (Å²) in [5, 5.41) is 0. The van der Waals surface area contributed by atoms with Gasteiger partial charge in [0.15, 0.2) is 0 Å². The van der Waals surface area contributed by atoms with Gasteiger partial charge in [-0.2, -0.15) is 0 Å². The Kier molecular flexibility index (Phi) is 3.78. The lowest BCUT2D eigenvalue weighted by Crippen LogP contribution is -2.13. The number of hydrogen-bond donors (Lipinski definition) is 0. The maximum absolute atomic E-state index is 5.40. The fourth-order valence-electron chi connectivity index (χ4n) is 1.79. The van der Waals surface area contributed by atoms with E-state index in [0.29, 0.717) is 0 Å². The van der Waals surface area contributed by atoms with Gasteiger partial charge >= 0.3 is 0 Å². The van der Waals surface area contributed by atoms with Gasteiger partial charge < -0.3 is 4.74 Å². The summed E-state index contributed by atoms with van der Waals surface area (Å²) >= 11 is 0. The Morgan fingerprint density at radius 2 is 1.87 bits per heavy atom. The average molecular weight is 206 g/mol. The van der Waals surface area contributed by atoms with E-state index in [4.69, 9.17) is 4.74 Å². The third-order valence-corrected chi connectivity index (χ3v) is 2.61. The van der Waals surface area contributed by atoms with Gasteiger partial charge in [-0.3, -0.25) is 0 Å². The molecule has 0 amide bonds. The molecule has 0 radical (unpaired) electrons. The summed E-state index contributed by atoms with van der Waals surface area (Å²) in [7, 11) is 1.74. The third-order valence-electron chi connectivity index (χ3n) is 2.61. The predicted octanol–water partition coefficient (Wildman–Crippen LogP) is 3.95. The van der Waals surface area contributed by atoms with Gasteiger partial charge in [0.2, 0.25) is 0 Å². The molecule has 0 fully saturated rings. The summed E-state index contributed by atoms with van der Waals surface area (Å²) in [6.45, 7) is 8.88. The van der Waals surface area contributed by atoms with Crippen molar-refractivity contribution in [3.8, 4) is 5.75 Å². The molecule has 1 aromatic rings. The molecule has 0 atom stereocenters. The molecule has 1 rings (SSSR count). The highest BCUT2D eigenvalue weighted by Gasteiger charge is 2.18. The lowest BCUT2D eigenvalue weighted by Gasteiger charge is -2.22. The van der Waals surface area contributed by atoms with Crippen LogP contribution in [0.15, 0.2) is 18.2 Å². The van der Waals surface area contributed by atoms with Crippen molar-refractivity contribution >= 4 is 0 Å². The Balaban J connectivity index is 3.13. The number of hydrogen-bond acceptors (Lipinski definition) is 1. The van der Waals surface area contributed by atoms with Gasteiger partial charge in [0, 0.05) is 0 Å². The molecule has 15 heavy (non-hydrogen) atoms. The zero-order valence-corrected chi connectivity index (χ0v) is 10.6. The monoisotopic (exact) mass is 206 g/mol. The highest BCUT2D eigenvalue weighted by Crippen LogP contribution is 2.32. The van der Waals surface area contributed by atoms with Crippen LogP contribution in [0.4, 0.5) is 0 Å². The molecular formula is C14H22O. The van der Waals surface area contributed by atoms with Crippen molar-refractivity contribution in [3.05, 3.63) is 29.3 Å². The second-order valence-corrected chi connectivity index (χ2v) is 5.03. The first-order valence-electron chi connectivity index (χ1n) is 5.66. The summed E-state index contributed by atoms with van der Waals surface area (Å²) in [4.78, 5) is 0. The number of methoxy groups -OCH3 is 1. The van der Waals surface area contributed by atoms with Crippen molar-refractivity contribution in [3.63, 3.8) is 0 Å². The Hall–Kier alpha value is -0.980. The molecule has 0 aliphatic heterocycles. The van der Waals surface area contributed by atoms with E-state index < -0.39 is 0 Å². The van der Waals surface area contributed by atoms with E-state index in [-0.39, 0.29) is 5.41 Å². The van der Waals surface area contributed by atoms with E-state index in [2.05, 4.69) is 45.9 Å². The van der Waals surface area contributed by atoms with Crippen LogP contribution in [-0.4, -0.2) is 7.11 Å². The molecule has 0 spiro atoms. The lowest BCUT2D eigenvalue weighted by atomic mass is 9.85. The fourth-order valence-corrected chi connectivity index (χ4v) is 1.79. The van der Waals surface area contributed by atoms with Gasteiger partial charge in [-0.1, -0.05) is 46.2 Å².